The fraction of sp³-hybridized carbons (Fsp3) is 0.500. The van der Waals surface area contributed by atoms with Crippen molar-refractivity contribution in [1.29, 1.82) is 5.26 Å². The molecule has 1 atom stereocenters. The minimum absolute atomic E-state index is 0.453. The van der Waals surface area contributed by atoms with E-state index in [0.29, 0.717) is 11.6 Å². The van der Waals surface area contributed by atoms with Crippen molar-refractivity contribution in [2.24, 2.45) is 5.92 Å². The van der Waals surface area contributed by atoms with Crippen molar-refractivity contribution in [3.8, 4) is 6.07 Å². The van der Waals surface area contributed by atoms with E-state index in [1.807, 2.05) is 12.1 Å². The second-order valence-corrected chi connectivity index (χ2v) is 3.99. The summed E-state index contributed by atoms with van der Waals surface area (Å²) in [5, 5.41) is 11.9. The number of pyridine rings is 1. The molecule has 0 aliphatic carbocycles. The Morgan fingerprint density at radius 2 is 2.50 bits per heavy atom. The Labute approximate surface area is 95.3 Å². The van der Waals surface area contributed by atoms with Crippen LogP contribution in [0.2, 0.25) is 0 Å². The van der Waals surface area contributed by atoms with Crippen molar-refractivity contribution in [2.45, 2.75) is 12.8 Å². The fourth-order valence-electron chi connectivity index (χ4n) is 1.80. The van der Waals surface area contributed by atoms with Gasteiger partial charge in [-0.25, -0.2) is 4.98 Å². The molecule has 4 heteroatoms. The third-order valence-corrected chi connectivity index (χ3v) is 2.78. The van der Waals surface area contributed by atoms with Gasteiger partial charge in [0, 0.05) is 19.8 Å². The Bertz CT molecular complexity index is 363. The highest BCUT2D eigenvalue weighted by molar-refractivity contribution is 5.42. The molecule has 84 valence electrons. The molecule has 2 rings (SSSR count). The zero-order valence-electron chi connectivity index (χ0n) is 9.15. The van der Waals surface area contributed by atoms with E-state index in [2.05, 4.69) is 10.3 Å². The first-order chi connectivity index (χ1) is 7.88. The lowest BCUT2D eigenvalue weighted by atomic mass is 10.1. The van der Waals surface area contributed by atoms with Crippen molar-refractivity contribution in [3.05, 3.63) is 24.0 Å². The lowest BCUT2D eigenvalue weighted by Gasteiger charge is -2.09. The van der Waals surface area contributed by atoms with Crippen LogP contribution < -0.4 is 5.32 Å². The number of aromatic nitrogens is 1. The molecule has 16 heavy (non-hydrogen) atoms. The van der Waals surface area contributed by atoms with Gasteiger partial charge in [-0.1, -0.05) is 0 Å². The maximum atomic E-state index is 8.60. The maximum absolute atomic E-state index is 8.60. The number of nitrogens with zero attached hydrogens (tertiary/aromatic N) is 2. The molecule has 1 N–H and O–H groups in total. The number of nitrogens with one attached hydrogen (secondary N) is 1. The summed E-state index contributed by atoms with van der Waals surface area (Å²) >= 11 is 0. The van der Waals surface area contributed by atoms with E-state index in [-0.39, 0.29) is 0 Å². The molecular weight excluding hydrogens is 202 g/mol. The zero-order valence-corrected chi connectivity index (χ0v) is 9.15. The second-order valence-electron chi connectivity index (χ2n) is 3.99. The third kappa shape index (κ3) is 2.94. The quantitative estimate of drug-likeness (QED) is 0.835. The SMILES string of the molecule is N#Cc1ccc(NCCC2CCOC2)cn1. The number of ether oxygens (including phenoxy) is 1. The molecule has 0 amide bonds. The van der Waals surface area contributed by atoms with E-state index in [9.17, 15) is 0 Å². The van der Waals surface area contributed by atoms with Crippen LogP contribution in [0.25, 0.3) is 0 Å². The van der Waals surface area contributed by atoms with Gasteiger partial charge < -0.3 is 10.1 Å². The van der Waals surface area contributed by atoms with Gasteiger partial charge in [0.05, 0.1) is 11.9 Å². The Balaban J connectivity index is 1.74. The summed E-state index contributed by atoms with van der Waals surface area (Å²) in [7, 11) is 0. The Hall–Kier alpha value is -1.60. The average molecular weight is 217 g/mol. The Kier molecular flexibility index (Phi) is 3.73. The number of rotatable bonds is 4. The van der Waals surface area contributed by atoms with Gasteiger partial charge in [-0.3, -0.25) is 0 Å². The molecule has 1 unspecified atom stereocenters. The van der Waals surface area contributed by atoms with Gasteiger partial charge in [0.15, 0.2) is 0 Å². The van der Waals surface area contributed by atoms with Crippen molar-refractivity contribution in [1.82, 2.24) is 4.98 Å². The van der Waals surface area contributed by atoms with E-state index < -0.39 is 0 Å². The van der Waals surface area contributed by atoms with Crippen LogP contribution >= 0.6 is 0 Å². The lowest BCUT2D eigenvalue weighted by Crippen LogP contribution is -2.09. The van der Waals surface area contributed by atoms with E-state index in [4.69, 9.17) is 10.00 Å². The average Bonchev–Trinajstić information content (AvgIpc) is 2.83. The number of hydrogen-bond donors (Lipinski definition) is 1. The van der Waals surface area contributed by atoms with Gasteiger partial charge in [-0.15, -0.1) is 0 Å². The largest absolute Gasteiger partial charge is 0.384 e. The minimum Gasteiger partial charge on any atom is -0.384 e. The second kappa shape index (κ2) is 5.47. The van der Waals surface area contributed by atoms with Crippen LogP contribution in [0.15, 0.2) is 18.3 Å². The van der Waals surface area contributed by atoms with E-state index in [1.54, 1.807) is 12.3 Å². The molecule has 0 spiro atoms. The highest BCUT2D eigenvalue weighted by atomic mass is 16.5. The molecule has 0 bridgehead atoms. The van der Waals surface area contributed by atoms with E-state index in [1.165, 1.54) is 6.42 Å². The molecule has 1 aromatic rings. The van der Waals surface area contributed by atoms with E-state index >= 15 is 0 Å². The molecule has 0 radical (unpaired) electrons. The fourth-order valence-corrected chi connectivity index (χ4v) is 1.80. The van der Waals surface area contributed by atoms with Crippen molar-refractivity contribution in [3.63, 3.8) is 0 Å². The first-order valence-corrected chi connectivity index (χ1v) is 5.56. The first kappa shape index (κ1) is 10.9. The molecule has 0 aromatic carbocycles. The van der Waals surface area contributed by atoms with Crippen LogP contribution in [-0.2, 0) is 4.74 Å². The van der Waals surface area contributed by atoms with Gasteiger partial charge in [0.25, 0.3) is 0 Å². The smallest absolute Gasteiger partial charge is 0.140 e. The Morgan fingerprint density at radius 1 is 1.56 bits per heavy atom. The van der Waals surface area contributed by atoms with Crippen molar-refractivity contribution >= 4 is 5.69 Å². The monoisotopic (exact) mass is 217 g/mol. The zero-order chi connectivity index (χ0) is 11.2. The van der Waals surface area contributed by atoms with Gasteiger partial charge in [0.1, 0.15) is 11.8 Å². The molecule has 1 aliphatic rings. The molecule has 1 aliphatic heterocycles. The number of hydrogen-bond acceptors (Lipinski definition) is 4. The molecular formula is C12H15N3O. The van der Waals surface area contributed by atoms with Crippen molar-refractivity contribution in [2.75, 3.05) is 25.1 Å². The van der Waals surface area contributed by atoms with Crippen LogP contribution in [0.5, 0.6) is 0 Å². The first-order valence-electron chi connectivity index (χ1n) is 5.56. The maximum Gasteiger partial charge on any atom is 0.140 e. The van der Waals surface area contributed by atoms with Gasteiger partial charge in [0.2, 0.25) is 0 Å². The van der Waals surface area contributed by atoms with Crippen LogP contribution in [0.4, 0.5) is 5.69 Å². The van der Waals surface area contributed by atoms with Crippen LogP contribution in [0, 0.1) is 17.2 Å². The van der Waals surface area contributed by atoms with Gasteiger partial charge in [-0.2, -0.15) is 5.26 Å². The summed E-state index contributed by atoms with van der Waals surface area (Å²) in [6, 6.07) is 5.61. The predicted molar refractivity (Wildman–Crippen MR) is 61.0 cm³/mol. The molecule has 0 saturated carbocycles. The molecule has 1 fully saturated rings. The van der Waals surface area contributed by atoms with Crippen LogP contribution in [0.1, 0.15) is 18.5 Å². The summed E-state index contributed by atoms with van der Waals surface area (Å²) in [6.45, 7) is 2.73. The highest BCUT2D eigenvalue weighted by Gasteiger charge is 2.14. The lowest BCUT2D eigenvalue weighted by molar-refractivity contribution is 0.185. The topological polar surface area (TPSA) is 57.9 Å². The molecule has 1 aromatic heterocycles. The van der Waals surface area contributed by atoms with E-state index in [0.717, 1.165) is 31.9 Å². The Morgan fingerprint density at radius 3 is 3.12 bits per heavy atom. The molecule has 1 saturated heterocycles. The summed E-state index contributed by atoms with van der Waals surface area (Å²) < 4.78 is 5.31. The molecule has 4 nitrogen and oxygen atoms in total. The molecule has 2 heterocycles. The van der Waals surface area contributed by atoms with Gasteiger partial charge in [-0.05, 0) is 30.9 Å². The van der Waals surface area contributed by atoms with Crippen molar-refractivity contribution < 1.29 is 4.74 Å². The minimum atomic E-state index is 0.453. The summed E-state index contributed by atoms with van der Waals surface area (Å²) in [5.74, 6) is 0.693. The summed E-state index contributed by atoms with van der Waals surface area (Å²) in [5.41, 5.74) is 1.42. The third-order valence-electron chi connectivity index (χ3n) is 2.78. The predicted octanol–water partition coefficient (Wildman–Crippen LogP) is 1.79. The van der Waals surface area contributed by atoms with Crippen LogP contribution in [0.3, 0.4) is 0 Å². The van der Waals surface area contributed by atoms with Crippen LogP contribution in [-0.4, -0.2) is 24.7 Å². The standard InChI is InChI=1S/C12H15N3O/c13-7-11-1-2-12(8-15-11)14-5-3-10-4-6-16-9-10/h1-2,8,10,14H,3-6,9H2. The normalized spacial score (nSPS) is 19.3. The summed E-state index contributed by atoms with van der Waals surface area (Å²) in [4.78, 5) is 4.00. The highest BCUT2D eigenvalue weighted by Crippen LogP contribution is 2.16. The van der Waals surface area contributed by atoms with Gasteiger partial charge >= 0.3 is 0 Å². The number of anilines is 1. The number of nitriles is 1. The summed E-state index contributed by atoms with van der Waals surface area (Å²) in [6.07, 6.45) is 4.00.